The van der Waals surface area contributed by atoms with Crippen LogP contribution in [0.1, 0.15) is 23.0 Å². The molecule has 1 amide bonds. The number of rotatable bonds is 6. The molecule has 0 atom stereocenters. The number of hydrogen-bond donors (Lipinski definition) is 1. The number of esters is 1. The molecule has 0 aliphatic rings. The Morgan fingerprint density at radius 3 is 2.60 bits per heavy atom. The maximum Gasteiger partial charge on any atom is 0.338 e. The van der Waals surface area contributed by atoms with Gasteiger partial charge in [-0.3, -0.25) is 4.79 Å². The quantitative estimate of drug-likeness (QED) is 0.362. The van der Waals surface area contributed by atoms with E-state index in [0.29, 0.717) is 29.3 Å². The van der Waals surface area contributed by atoms with Crippen LogP contribution in [-0.2, 0) is 9.53 Å². The molecule has 0 bridgehead atoms. The molecule has 0 aliphatic carbocycles. The lowest BCUT2D eigenvalue weighted by Crippen LogP contribution is -2.13. The number of amides is 1. The number of furan rings is 1. The highest BCUT2D eigenvalue weighted by Gasteiger charge is 2.12. The van der Waals surface area contributed by atoms with E-state index in [1.54, 1.807) is 43.3 Å². The van der Waals surface area contributed by atoms with Gasteiger partial charge in [0.1, 0.15) is 29.0 Å². The second-order valence-electron chi connectivity index (χ2n) is 6.13. The molecule has 0 spiro atoms. The van der Waals surface area contributed by atoms with Crippen molar-refractivity contribution in [2.75, 3.05) is 11.9 Å². The van der Waals surface area contributed by atoms with Crippen molar-refractivity contribution in [2.45, 2.75) is 6.92 Å². The molecule has 0 fully saturated rings. The van der Waals surface area contributed by atoms with Crippen molar-refractivity contribution in [1.82, 2.24) is 0 Å². The SMILES string of the molecule is CCOC(=O)c1ccc(-c2ccc(/C=C(\C#N)C(=O)Nc3cccc(F)c3)o2)cc1. The van der Waals surface area contributed by atoms with Crippen LogP contribution in [0.3, 0.4) is 0 Å². The van der Waals surface area contributed by atoms with Crippen molar-refractivity contribution in [3.05, 3.63) is 83.4 Å². The van der Waals surface area contributed by atoms with Crippen molar-refractivity contribution in [3.8, 4) is 17.4 Å². The Bertz CT molecular complexity index is 1140. The highest BCUT2D eigenvalue weighted by atomic mass is 19.1. The zero-order valence-electron chi connectivity index (χ0n) is 16.0. The molecule has 2 aromatic carbocycles. The minimum atomic E-state index is -0.681. The number of carbonyl (C=O) groups excluding carboxylic acids is 2. The van der Waals surface area contributed by atoms with Crippen molar-refractivity contribution >= 4 is 23.6 Å². The van der Waals surface area contributed by atoms with E-state index in [1.165, 1.54) is 24.3 Å². The summed E-state index contributed by atoms with van der Waals surface area (Å²) < 4.78 is 23.9. The first-order chi connectivity index (χ1) is 14.5. The molecule has 0 saturated heterocycles. The van der Waals surface area contributed by atoms with E-state index >= 15 is 0 Å². The molecule has 30 heavy (non-hydrogen) atoms. The fourth-order valence-corrected chi connectivity index (χ4v) is 2.63. The van der Waals surface area contributed by atoms with Crippen LogP contribution in [-0.4, -0.2) is 18.5 Å². The third-order valence-corrected chi connectivity index (χ3v) is 4.04. The predicted molar refractivity (Wildman–Crippen MR) is 109 cm³/mol. The average Bonchev–Trinajstić information content (AvgIpc) is 3.21. The Morgan fingerprint density at radius 1 is 1.17 bits per heavy atom. The van der Waals surface area contributed by atoms with Crippen molar-refractivity contribution in [1.29, 1.82) is 5.26 Å². The van der Waals surface area contributed by atoms with Gasteiger partial charge in [-0.15, -0.1) is 0 Å². The number of nitrogens with zero attached hydrogens (tertiary/aromatic N) is 1. The van der Waals surface area contributed by atoms with Gasteiger partial charge < -0.3 is 14.5 Å². The van der Waals surface area contributed by atoms with Gasteiger partial charge in [-0.25, -0.2) is 9.18 Å². The van der Waals surface area contributed by atoms with E-state index in [4.69, 9.17) is 9.15 Å². The summed E-state index contributed by atoms with van der Waals surface area (Å²) in [6.07, 6.45) is 1.30. The number of halogens is 1. The fraction of sp³-hybridized carbons (Fsp3) is 0.0870. The van der Waals surface area contributed by atoms with Gasteiger partial charge in [-0.2, -0.15) is 5.26 Å². The highest BCUT2D eigenvalue weighted by Crippen LogP contribution is 2.24. The zero-order valence-corrected chi connectivity index (χ0v) is 16.0. The third kappa shape index (κ3) is 5.00. The summed E-state index contributed by atoms with van der Waals surface area (Å²) in [5, 5.41) is 11.8. The minimum Gasteiger partial charge on any atom is -0.462 e. The molecule has 0 aliphatic heterocycles. The number of carbonyl (C=O) groups is 2. The molecule has 0 saturated carbocycles. The minimum absolute atomic E-state index is 0.196. The van der Waals surface area contributed by atoms with Gasteiger partial charge in [0.05, 0.1) is 12.2 Å². The maximum absolute atomic E-state index is 13.2. The van der Waals surface area contributed by atoms with Crippen LogP contribution in [0.4, 0.5) is 10.1 Å². The number of nitrogens with one attached hydrogen (secondary N) is 1. The third-order valence-electron chi connectivity index (χ3n) is 4.04. The molecule has 0 unspecified atom stereocenters. The van der Waals surface area contributed by atoms with E-state index in [1.807, 2.05) is 6.07 Å². The van der Waals surface area contributed by atoms with E-state index in [9.17, 15) is 19.2 Å². The average molecular weight is 404 g/mol. The van der Waals surface area contributed by atoms with E-state index < -0.39 is 17.7 Å². The van der Waals surface area contributed by atoms with Gasteiger partial charge in [0, 0.05) is 17.3 Å². The summed E-state index contributed by atoms with van der Waals surface area (Å²) in [7, 11) is 0. The van der Waals surface area contributed by atoms with Crippen LogP contribution >= 0.6 is 0 Å². The van der Waals surface area contributed by atoms with Gasteiger partial charge in [0.2, 0.25) is 0 Å². The summed E-state index contributed by atoms with van der Waals surface area (Å²) in [5.74, 6) is -0.792. The molecule has 1 heterocycles. The standard InChI is InChI=1S/C23H17FN2O4/c1-2-29-23(28)16-8-6-15(7-9-16)21-11-10-20(30-21)12-17(14-25)22(27)26-19-5-3-4-18(24)13-19/h3-13H,2H2,1H3,(H,26,27)/b17-12+. The second-order valence-corrected chi connectivity index (χ2v) is 6.13. The van der Waals surface area contributed by atoms with Crippen molar-refractivity contribution in [2.24, 2.45) is 0 Å². The molecule has 1 N–H and O–H groups in total. The molecular formula is C23H17FN2O4. The summed E-state index contributed by atoms with van der Waals surface area (Å²) in [6.45, 7) is 2.03. The van der Waals surface area contributed by atoms with E-state index in [-0.39, 0.29) is 11.3 Å². The van der Waals surface area contributed by atoms with Crippen LogP contribution in [0.2, 0.25) is 0 Å². The van der Waals surface area contributed by atoms with Crippen LogP contribution in [0, 0.1) is 17.1 Å². The molecular weight excluding hydrogens is 387 g/mol. The highest BCUT2D eigenvalue weighted by molar-refractivity contribution is 6.09. The number of hydrogen-bond acceptors (Lipinski definition) is 5. The number of benzene rings is 2. The topological polar surface area (TPSA) is 92.3 Å². The zero-order chi connectivity index (χ0) is 21.5. The first-order valence-electron chi connectivity index (χ1n) is 9.06. The van der Waals surface area contributed by atoms with Crippen LogP contribution in [0.15, 0.2) is 70.7 Å². The Hall–Kier alpha value is -4.18. The molecule has 7 heteroatoms. The largest absolute Gasteiger partial charge is 0.462 e. The lowest BCUT2D eigenvalue weighted by atomic mass is 10.1. The summed E-state index contributed by atoms with van der Waals surface area (Å²) in [5.41, 5.74) is 1.18. The normalized spacial score (nSPS) is 10.9. The maximum atomic E-state index is 13.2. The Kier molecular flexibility index (Phi) is 6.40. The number of anilines is 1. The number of ether oxygens (including phenoxy) is 1. The van der Waals surface area contributed by atoms with Gasteiger partial charge in [-0.05, 0) is 49.4 Å². The second kappa shape index (κ2) is 9.34. The lowest BCUT2D eigenvalue weighted by molar-refractivity contribution is -0.112. The summed E-state index contributed by atoms with van der Waals surface area (Å²) in [6, 6.07) is 17.1. The van der Waals surface area contributed by atoms with Gasteiger partial charge >= 0.3 is 5.97 Å². The lowest BCUT2D eigenvalue weighted by Gasteiger charge is -2.04. The Morgan fingerprint density at radius 2 is 1.93 bits per heavy atom. The first kappa shape index (κ1) is 20.6. The molecule has 150 valence electrons. The molecule has 6 nitrogen and oxygen atoms in total. The molecule has 1 aromatic heterocycles. The Balaban J connectivity index is 1.75. The number of nitriles is 1. The first-order valence-corrected chi connectivity index (χ1v) is 9.06. The summed E-state index contributed by atoms with van der Waals surface area (Å²) >= 11 is 0. The molecule has 0 radical (unpaired) electrons. The van der Waals surface area contributed by atoms with E-state index in [2.05, 4.69) is 5.32 Å². The summed E-state index contributed by atoms with van der Waals surface area (Å²) in [4.78, 5) is 24.0. The van der Waals surface area contributed by atoms with Crippen LogP contribution in [0.25, 0.3) is 17.4 Å². The Labute approximate surface area is 172 Å². The van der Waals surface area contributed by atoms with Gasteiger partial charge in [0.25, 0.3) is 5.91 Å². The van der Waals surface area contributed by atoms with Crippen LogP contribution in [0.5, 0.6) is 0 Å². The van der Waals surface area contributed by atoms with Crippen molar-refractivity contribution in [3.63, 3.8) is 0 Å². The van der Waals surface area contributed by atoms with Crippen LogP contribution < -0.4 is 5.32 Å². The monoisotopic (exact) mass is 404 g/mol. The van der Waals surface area contributed by atoms with E-state index in [0.717, 1.165) is 6.07 Å². The smallest absolute Gasteiger partial charge is 0.338 e. The fourth-order valence-electron chi connectivity index (χ4n) is 2.63. The van der Waals surface area contributed by atoms with Gasteiger partial charge in [0.15, 0.2) is 0 Å². The molecule has 3 aromatic rings. The molecule has 3 rings (SSSR count). The predicted octanol–water partition coefficient (Wildman–Crippen LogP) is 4.81. The van der Waals surface area contributed by atoms with Crippen molar-refractivity contribution < 1.29 is 23.1 Å². The van der Waals surface area contributed by atoms with Gasteiger partial charge in [-0.1, -0.05) is 18.2 Å².